The number of carbonyl (C=O) groups is 1. The number of benzene rings is 1. The Morgan fingerprint density at radius 3 is 2.50 bits per heavy atom. The van der Waals surface area contributed by atoms with Gasteiger partial charge in [0.15, 0.2) is 0 Å². The Hall–Kier alpha value is -1.44. The van der Waals surface area contributed by atoms with Crippen molar-refractivity contribution in [2.45, 2.75) is 24.7 Å². The first-order valence-electron chi connectivity index (χ1n) is 9.22. The van der Waals surface area contributed by atoms with Gasteiger partial charge in [0, 0.05) is 31.6 Å². The molecule has 1 aromatic carbocycles. The van der Waals surface area contributed by atoms with Crippen LogP contribution in [-0.4, -0.2) is 67.7 Å². The van der Waals surface area contributed by atoms with Gasteiger partial charge in [-0.05, 0) is 30.7 Å². The van der Waals surface area contributed by atoms with E-state index < -0.39 is 20.9 Å². The molecule has 7 heteroatoms. The molecule has 3 aliphatic rings. The van der Waals surface area contributed by atoms with Crippen molar-refractivity contribution in [2.24, 2.45) is 11.3 Å². The molecule has 0 bridgehead atoms. The van der Waals surface area contributed by atoms with Crippen LogP contribution in [0.5, 0.6) is 0 Å². The van der Waals surface area contributed by atoms with Crippen LogP contribution >= 0.6 is 0 Å². The lowest BCUT2D eigenvalue weighted by molar-refractivity contribution is -0.139. The van der Waals surface area contributed by atoms with Gasteiger partial charge in [0.1, 0.15) is 0 Å². The van der Waals surface area contributed by atoms with Crippen LogP contribution in [-0.2, 0) is 20.2 Å². The molecular formula is C19H26N2O4S. The first-order chi connectivity index (χ1) is 12.3. The third kappa shape index (κ3) is 2.77. The third-order valence-corrected chi connectivity index (χ3v) is 7.81. The fourth-order valence-corrected chi connectivity index (χ4v) is 5.74. The lowest BCUT2D eigenvalue weighted by Gasteiger charge is -2.44. The number of hydrogen-bond acceptors (Lipinski definition) is 4. The first kappa shape index (κ1) is 17.9. The molecule has 2 aliphatic heterocycles. The number of nitrogens with zero attached hydrogens (tertiary/aromatic N) is 2. The molecule has 4 rings (SSSR count). The molecule has 1 N–H and O–H groups in total. The molecule has 0 unspecified atom stereocenters. The quantitative estimate of drug-likeness (QED) is 0.842. The number of rotatable bonds is 4. The molecule has 1 saturated carbocycles. The van der Waals surface area contributed by atoms with E-state index in [2.05, 4.69) is 0 Å². The highest BCUT2D eigenvalue weighted by atomic mass is 32.2. The minimum atomic E-state index is -3.29. The summed E-state index contributed by atoms with van der Waals surface area (Å²) in [7, 11) is -3.29. The molecule has 0 radical (unpaired) electrons. The smallest absolute Gasteiger partial charge is 0.233 e. The Balaban J connectivity index is 1.56. The Labute approximate surface area is 154 Å². The maximum Gasteiger partial charge on any atom is 0.233 e. The molecule has 1 amide bonds. The van der Waals surface area contributed by atoms with Crippen LogP contribution < -0.4 is 0 Å². The molecule has 26 heavy (non-hydrogen) atoms. The molecule has 142 valence electrons. The lowest BCUT2D eigenvalue weighted by atomic mass is 9.73. The third-order valence-electron chi connectivity index (χ3n) is 6.59. The second-order valence-corrected chi connectivity index (χ2v) is 10.2. The summed E-state index contributed by atoms with van der Waals surface area (Å²) in [6.07, 6.45) is 3.67. The van der Waals surface area contributed by atoms with E-state index in [0.717, 1.165) is 24.8 Å². The van der Waals surface area contributed by atoms with Crippen molar-refractivity contribution >= 4 is 15.9 Å². The van der Waals surface area contributed by atoms with E-state index in [-0.39, 0.29) is 18.4 Å². The Bertz CT molecular complexity index is 806. The zero-order valence-electron chi connectivity index (χ0n) is 15.1. The van der Waals surface area contributed by atoms with Gasteiger partial charge in [-0.3, -0.25) is 4.79 Å². The monoisotopic (exact) mass is 378 g/mol. The number of amides is 1. The largest absolute Gasteiger partial charge is 0.396 e. The van der Waals surface area contributed by atoms with E-state index in [0.29, 0.717) is 26.2 Å². The van der Waals surface area contributed by atoms with Crippen molar-refractivity contribution < 1.29 is 18.3 Å². The summed E-state index contributed by atoms with van der Waals surface area (Å²) in [5.41, 5.74) is 0.109. The molecular weight excluding hydrogens is 352 g/mol. The molecule has 2 atom stereocenters. The Morgan fingerprint density at radius 1 is 1.23 bits per heavy atom. The van der Waals surface area contributed by atoms with Crippen LogP contribution in [0.4, 0.5) is 0 Å². The van der Waals surface area contributed by atoms with Gasteiger partial charge in [-0.2, -0.15) is 0 Å². The van der Waals surface area contributed by atoms with E-state index in [1.165, 1.54) is 10.6 Å². The zero-order chi connectivity index (χ0) is 18.6. The summed E-state index contributed by atoms with van der Waals surface area (Å²) in [6.45, 7) is 1.73. The van der Waals surface area contributed by atoms with Crippen LogP contribution in [0.1, 0.15) is 24.8 Å². The van der Waals surface area contributed by atoms with Crippen molar-refractivity contribution in [3.05, 3.63) is 35.9 Å². The van der Waals surface area contributed by atoms with E-state index >= 15 is 0 Å². The molecule has 1 aromatic rings. The normalized spacial score (nSPS) is 30.8. The van der Waals surface area contributed by atoms with Crippen LogP contribution in [0.3, 0.4) is 0 Å². The predicted octanol–water partition coefficient (Wildman–Crippen LogP) is 0.821. The van der Waals surface area contributed by atoms with Gasteiger partial charge in [-0.15, -0.1) is 0 Å². The van der Waals surface area contributed by atoms with Gasteiger partial charge >= 0.3 is 0 Å². The van der Waals surface area contributed by atoms with Crippen molar-refractivity contribution in [1.82, 2.24) is 9.21 Å². The fraction of sp³-hybridized carbons (Fsp3) is 0.632. The van der Waals surface area contributed by atoms with Gasteiger partial charge in [0.2, 0.25) is 15.9 Å². The second-order valence-electron chi connectivity index (χ2n) is 8.24. The minimum Gasteiger partial charge on any atom is -0.396 e. The van der Waals surface area contributed by atoms with Crippen LogP contribution in [0.15, 0.2) is 30.3 Å². The summed E-state index contributed by atoms with van der Waals surface area (Å²) in [4.78, 5) is 15.2. The van der Waals surface area contributed by atoms with Gasteiger partial charge in [0.25, 0.3) is 0 Å². The van der Waals surface area contributed by atoms with Crippen molar-refractivity contribution in [3.8, 4) is 0 Å². The van der Waals surface area contributed by atoms with E-state index in [1.807, 2.05) is 35.2 Å². The Morgan fingerprint density at radius 2 is 1.92 bits per heavy atom. The number of hydrogen-bond donors (Lipinski definition) is 1. The number of aliphatic hydroxyl groups is 1. The molecule has 3 fully saturated rings. The van der Waals surface area contributed by atoms with Crippen LogP contribution in [0, 0.1) is 11.3 Å². The summed E-state index contributed by atoms with van der Waals surface area (Å²) >= 11 is 0. The number of piperidine rings is 1. The highest BCUT2D eigenvalue weighted by molar-refractivity contribution is 7.88. The molecule has 1 aliphatic carbocycles. The number of sulfonamides is 1. The average Bonchev–Trinajstić information content (AvgIpc) is 3.34. The minimum absolute atomic E-state index is 0.0915. The van der Waals surface area contributed by atoms with Crippen LogP contribution in [0.25, 0.3) is 0 Å². The molecule has 2 heterocycles. The fourth-order valence-electron chi connectivity index (χ4n) is 4.80. The zero-order valence-corrected chi connectivity index (χ0v) is 15.9. The van der Waals surface area contributed by atoms with E-state index in [9.17, 15) is 18.3 Å². The highest BCUT2D eigenvalue weighted by Gasteiger charge is 2.57. The second kappa shape index (κ2) is 6.04. The molecule has 2 saturated heterocycles. The number of aliphatic hydroxyl groups excluding tert-OH is 1. The molecule has 6 nitrogen and oxygen atoms in total. The first-order valence-corrected chi connectivity index (χ1v) is 11.1. The lowest BCUT2D eigenvalue weighted by Crippen LogP contribution is -2.54. The SMILES string of the molecule is CS(=O)(=O)N1C[C@@H]2CCN(C(=O)C3(c4ccccc4)CC3)C[C@]2(CO)C1. The predicted molar refractivity (Wildman–Crippen MR) is 98.0 cm³/mol. The number of carbonyl (C=O) groups excluding carboxylic acids is 1. The average molecular weight is 378 g/mol. The summed E-state index contributed by atoms with van der Waals surface area (Å²) in [6, 6.07) is 9.91. The summed E-state index contributed by atoms with van der Waals surface area (Å²) in [5.74, 6) is 0.242. The number of likely N-dealkylation sites (tertiary alicyclic amines) is 1. The van der Waals surface area contributed by atoms with Gasteiger partial charge in [-0.1, -0.05) is 30.3 Å². The van der Waals surface area contributed by atoms with Crippen molar-refractivity contribution in [1.29, 1.82) is 0 Å². The van der Waals surface area contributed by atoms with Gasteiger partial charge < -0.3 is 10.0 Å². The molecule has 0 spiro atoms. The van der Waals surface area contributed by atoms with Gasteiger partial charge in [-0.25, -0.2) is 12.7 Å². The highest BCUT2D eigenvalue weighted by Crippen LogP contribution is 2.51. The Kier molecular flexibility index (Phi) is 4.17. The van der Waals surface area contributed by atoms with Crippen molar-refractivity contribution in [3.63, 3.8) is 0 Å². The maximum absolute atomic E-state index is 13.3. The topological polar surface area (TPSA) is 77.9 Å². The molecule has 0 aromatic heterocycles. The van der Waals surface area contributed by atoms with Gasteiger partial charge in [0.05, 0.1) is 18.3 Å². The van der Waals surface area contributed by atoms with Crippen LogP contribution in [0.2, 0.25) is 0 Å². The van der Waals surface area contributed by atoms with E-state index in [4.69, 9.17) is 0 Å². The van der Waals surface area contributed by atoms with E-state index in [1.54, 1.807) is 0 Å². The summed E-state index contributed by atoms with van der Waals surface area (Å²) in [5, 5.41) is 10.1. The standard InChI is InChI=1S/C19H26N2O4S/c1-26(24,25)21-11-16-7-10-20(12-18(16,13-21)14-22)17(23)19(8-9-19)15-5-3-2-4-6-15/h2-6,16,22H,7-14H2,1H3/t16-,18+/m0/s1. The maximum atomic E-state index is 13.3. The van der Waals surface area contributed by atoms with Crippen molar-refractivity contribution in [2.75, 3.05) is 39.0 Å². The number of fused-ring (bicyclic) bond motifs is 1. The summed E-state index contributed by atoms with van der Waals surface area (Å²) < 4.78 is 25.4.